The molecule has 2 aliphatic heterocycles. The third-order valence-corrected chi connectivity index (χ3v) is 5.31. The van der Waals surface area contributed by atoms with E-state index in [1.807, 2.05) is 54.8 Å². The monoisotopic (exact) mass is 328 g/mol. The number of carbonyl (C=O) groups excluding carboxylic acids is 2. The maximum Gasteiger partial charge on any atom is 0.261 e. The van der Waals surface area contributed by atoms with Gasteiger partial charge in [-0.15, -0.1) is 11.3 Å². The van der Waals surface area contributed by atoms with E-state index in [-0.39, 0.29) is 17.9 Å². The van der Waals surface area contributed by atoms with Crippen LogP contribution in [0.15, 0.2) is 47.8 Å². The number of likely N-dealkylation sites (N-methyl/N-ethyl adjacent to an activating group) is 1. The van der Waals surface area contributed by atoms with Crippen molar-refractivity contribution in [3.8, 4) is 0 Å². The van der Waals surface area contributed by atoms with Gasteiger partial charge in [0.1, 0.15) is 12.0 Å². The largest absolute Gasteiger partial charge is 0.280 e. The number of hydroxylamine groups is 1. The van der Waals surface area contributed by atoms with Gasteiger partial charge in [-0.25, -0.2) is 5.06 Å². The molecule has 2 saturated heterocycles. The van der Waals surface area contributed by atoms with Crippen molar-refractivity contribution in [2.75, 3.05) is 11.6 Å². The van der Waals surface area contributed by atoms with Gasteiger partial charge in [-0.05, 0) is 30.5 Å². The van der Waals surface area contributed by atoms with E-state index >= 15 is 0 Å². The van der Waals surface area contributed by atoms with Gasteiger partial charge in [0.05, 0.1) is 5.69 Å². The van der Waals surface area contributed by atoms with Gasteiger partial charge in [0.15, 0.2) is 6.10 Å². The molecule has 3 heterocycles. The lowest BCUT2D eigenvalue weighted by Gasteiger charge is -2.27. The van der Waals surface area contributed by atoms with Crippen LogP contribution >= 0.6 is 11.3 Å². The lowest BCUT2D eigenvalue weighted by Crippen LogP contribution is -2.36. The highest BCUT2D eigenvalue weighted by molar-refractivity contribution is 7.10. The van der Waals surface area contributed by atoms with Crippen LogP contribution in [0, 0.1) is 5.92 Å². The number of amides is 2. The topological polar surface area (TPSA) is 49.9 Å². The summed E-state index contributed by atoms with van der Waals surface area (Å²) in [5.74, 6) is -0.858. The molecule has 23 heavy (non-hydrogen) atoms. The summed E-state index contributed by atoms with van der Waals surface area (Å²) in [6.07, 6.45) is -0.727. The summed E-state index contributed by atoms with van der Waals surface area (Å²) in [7, 11) is 0. The fourth-order valence-electron chi connectivity index (χ4n) is 3.33. The van der Waals surface area contributed by atoms with Crippen molar-refractivity contribution < 1.29 is 14.4 Å². The number of nitrogens with zero attached hydrogens (tertiary/aromatic N) is 2. The number of hydrogen-bond acceptors (Lipinski definition) is 5. The Hall–Kier alpha value is -2.18. The Labute approximate surface area is 138 Å². The van der Waals surface area contributed by atoms with Crippen molar-refractivity contribution in [3.05, 3.63) is 52.7 Å². The molecule has 0 saturated carbocycles. The molecule has 0 N–H and O–H groups in total. The van der Waals surface area contributed by atoms with E-state index < -0.39 is 12.0 Å². The standard InChI is InChI=1S/C17H16N2O3S/c1-2-18-16(20)13-14(12-9-6-10-23-12)19(22-15(13)17(18)21)11-7-4-3-5-8-11/h3-10,13-15H,2H2,1H3/t13-,14+,15-/m1/s1. The molecule has 118 valence electrons. The Kier molecular flexibility index (Phi) is 3.43. The van der Waals surface area contributed by atoms with Gasteiger partial charge in [0.25, 0.3) is 5.91 Å². The molecule has 0 bridgehead atoms. The zero-order chi connectivity index (χ0) is 16.0. The average molecular weight is 328 g/mol. The Morgan fingerprint density at radius 3 is 2.52 bits per heavy atom. The lowest BCUT2D eigenvalue weighted by atomic mass is 9.95. The number of imide groups is 1. The molecule has 2 aliphatic rings. The van der Waals surface area contributed by atoms with Crippen molar-refractivity contribution in [3.63, 3.8) is 0 Å². The van der Waals surface area contributed by atoms with Crippen LogP contribution in [-0.2, 0) is 14.4 Å². The summed E-state index contributed by atoms with van der Waals surface area (Å²) in [5, 5.41) is 3.70. The first-order valence-electron chi connectivity index (χ1n) is 7.62. The predicted octanol–water partition coefficient (Wildman–Crippen LogP) is 2.61. The van der Waals surface area contributed by atoms with Gasteiger partial charge in [0.2, 0.25) is 5.91 Å². The van der Waals surface area contributed by atoms with Crippen LogP contribution in [0.5, 0.6) is 0 Å². The van der Waals surface area contributed by atoms with Crippen LogP contribution in [0.2, 0.25) is 0 Å². The van der Waals surface area contributed by atoms with E-state index in [1.54, 1.807) is 16.4 Å². The van der Waals surface area contributed by atoms with Crippen LogP contribution in [0.1, 0.15) is 17.8 Å². The van der Waals surface area contributed by atoms with Crippen LogP contribution in [-0.4, -0.2) is 29.4 Å². The molecule has 2 amide bonds. The van der Waals surface area contributed by atoms with E-state index in [4.69, 9.17) is 4.84 Å². The number of carbonyl (C=O) groups is 2. The second-order valence-electron chi connectivity index (χ2n) is 5.59. The highest BCUT2D eigenvalue weighted by Crippen LogP contribution is 2.47. The van der Waals surface area contributed by atoms with E-state index in [1.165, 1.54) is 4.90 Å². The summed E-state index contributed by atoms with van der Waals surface area (Å²) in [6.45, 7) is 2.20. The molecule has 0 spiro atoms. The molecule has 5 nitrogen and oxygen atoms in total. The molecule has 2 aromatic rings. The second kappa shape index (κ2) is 5.47. The number of fused-ring (bicyclic) bond motifs is 1. The minimum absolute atomic E-state index is 0.140. The average Bonchev–Trinajstić information content (AvgIpc) is 3.27. The normalized spacial score (nSPS) is 26.9. The van der Waals surface area contributed by atoms with E-state index in [0.717, 1.165) is 10.6 Å². The fraction of sp³-hybridized carbons (Fsp3) is 0.294. The van der Waals surface area contributed by atoms with E-state index in [2.05, 4.69) is 0 Å². The zero-order valence-corrected chi connectivity index (χ0v) is 13.4. The van der Waals surface area contributed by atoms with Crippen LogP contribution in [0.3, 0.4) is 0 Å². The number of rotatable bonds is 3. The number of thiophene rings is 1. The third-order valence-electron chi connectivity index (χ3n) is 4.37. The first-order valence-corrected chi connectivity index (χ1v) is 8.50. The zero-order valence-electron chi connectivity index (χ0n) is 12.6. The molecule has 6 heteroatoms. The summed E-state index contributed by atoms with van der Waals surface area (Å²) < 4.78 is 0. The molecule has 0 radical (unpaired) electrons. The van der Waals surface area contributed by atoms with Gasteiger partial charge < -0.3 is 0 Å². The van der Waals surface area contributed by atoms with Gasteiger partial charge in [-0.3, -0.25) is 19.3 Å². The Balaban J connectivity index is 1.79. The number of hydrogen-bond donors (Lipinski definition) is 0. The van der Waals surface area contributed by atoms with Crippen molar-refractivity contribution in [2.45, 2.75) is 19.1 Å². The molecule has 1 aromatic heterocycles. The summed E-state index contributed by atoms with van der Waals surface area (Å²) in [6, 6.07) is 13.3. The quantitative estimate of drug-likeness (QED) is 0.813. The lowest BCUT2D eigenvalue weighted by molar-refractivity contribution is -0.142. The second-order valence-corrected chi connectivity index (χ2v) is 6.57. The molecule has 0 aliphatic carbocycles. The van der Waals surface area contributed by atoms with Gasteiger partial charge in [0, 0.05) is 11.4 Å². The molecular weight excluding hydrogens is 312 g/mol. The van der Waals surface area contributed by atoms with Gasteiger partial charge in [-0.1, -0.05) is 24.3 Å². The molecule has 0 unspecified atom stereocenters. The molecule has 3 atom stereocenters. The summed E-state index contributed by atoms with van der Waals surface area (Å²) >= 11 is 1.58. The minimum atomic E-state index is -0.727. The van der Waals surface area contributed by atoms with Crippen molar-refractivity contribution in [1.29, 1.82) is 0 Å². The summed E-state index contributed by atoms with van der Waals surface area (Å²) in [5.41, 5.74) is 0.851. The predicted molar refractivity (Wildman–Crippen MR) is 86.7 cm³/mol. The third kappa shape index (κ3) is 2.09. The number of likely N-dealkylation sites (tertiary alicyclic amines) is 1. The van der Waals surface area contributed by atoms with Crippen LogP contribution in [0.4, 0.5) is 5.69 Å². The number of benzene rings is 1. The molecule has 1 aromatic carbocycles. The first kappa shape index (κ1) is 14.4. The van der Waals surface area contributed by atoms with E-state index in [9.17, 15) is 9.59 Å². The minimum Gasteiger partial charge on any atom is -0.280 e. The maximum absolute atomic E-state index is 12.7. The fourth-order valence-corrected chi connectivity index (χ4v) is 4.18. The van der Waals surface area contributed by atoms with Crippen molar-refractivity contribution in [2.24, 2.45) is 5.92 Å². The Morgan fingerprint density at radius 1 is 1.09 bits per heavy atom. The van der Waals surface area contributed by atoms with Crippen molar-refractivity contribution >= 4 is 28.8 Å². The van der Waals surface area contributed by atoms with Crippen molar-refractivity contribution in [1.82, 2.24) is 4.90 Å². The highest BCUT2D eigenvalue weighted by Gasteiger charge is 2.59. The maximum atomic E-state index is 12.7. The first-order chi connectivity index (χ1) is 11.2. The number of para-hydroxylation sites is 1. The number of anilines is 1. The molecule has 2 fully saturated rings. The smallest absolute Gasteiger partial charge is 0.261 e. The van der Waals surface area contributed by atoms with E-state index in [0.29, 0.717) is 6.54 Å². The van der Waals surface area contributed by atoms with Gasteiger partial charge >= 0.3 is 0 Å². The summed E-state index contributed by atoms with van der Waals surface area (Å²) in [4.78, 5) is 33.5. The molecule has 4 rings (SSSR count). The van der Waals surface area contributed by atoms with Gasteiger partial charge in [-0.2, -0.15) is 0 Å². The Morgan fingerprint density at radius 2 is 1.87 bits per heavy atom. The SMILES string of the molecule is CCN1C(=O)[C@H]2[C@@H](ON(c3ccccc3)[C@H]2c2cccs2)C1=O. The van der Waals surface area contributed by atoms with Crippen LogP contribution in [0.25, 0.3) is 0 Å². The highest BCUT2D eigenvalue weighted by atomic mass is 32.1. The molecular formula is C17H16N2O3S. The Bertz CT molecular complexity index is 732. The van der Waals surface area contributed by atoms with Crippen LogP contribution < -0.4 is 5.06 Å².